The van der Waals surface area contributed by atoms with Gasteiger partial charge in [-0.05, 0) is 31.1 Å². The molecule has 0 atom stereocenters. The number of benzene rings is 1. The lowest BCUT2D eigenvalue weighted by molar-refractivity contribution is 0.604. The van der Waals surface area contributed by atoms with Crippen molar-refractivity contribution >= 4 is 9.84 Å². The summed E-state index contributed by atoms with van der Waals surface area (Å²) in [6.07, 6.45) is 9.08. The maximum atomic E-state index is 11.8. The number of allylic oxidation sites excluding steroid dienone is 1. The third kappa shape index (κ3) is 4.74. The molecule has 0 bridgehead atoms. The molecule has 17 heavy (non-hydrogen) atoms. The van der Waals surface area contributed by atoms with E-state index in [4.69, 9.17) is 6.42 Å². The van der Waals surface area contributed by atoms with E-state index in [2.05, 4.69) is 11.7 Å². The molecule has 2 nitrogen and oxygen atoms in total. The van der Waals surface area contributed by atoms with E-state index in [-0.39, 0.29) is 4.90 Å². The van der Waals surface area contributed by atoms with Crippen LogP contribution in [0.5, 0.6) is 0 Å². The van der Waals surface area contributed by atoms with E-state index in [0.29, 0.717) is 6.42 Å². The molecule has 1 aromatic carbocycles. The molecule has 1 rings (SSSR count). The highest BCUT2D eigenvalue weighted by Crippen LogP contribution is 2.10. The van der Waals surface area contributed by atoms with Crippen LogP contribution < -0.4 is 0 Å². The Balaban J connectivity index is 2.68. The van der Waals surface area contributed by atoms with Gasteiger partial charge in [-0.15, -0.1) is 18.1 Å². The molecule has 0 fully saturated rings. The summed E-state index contributed by atoms with van der Waals surface area (Å²) in [6, 6.07) is 8.28. The van der Waals surface area contributed by atoms with Gasteiger partial charge in [0.05, 0.1) is 10.3 Å². The largest absolute Gasteiger partial charge is 0.218 e. The molecule has 0 saturated carbocycles. The second kappa shape index (κ2) is 6.75. The highest BCUT2D eigenvalue weighted by atomic mass is 32.2. The quantitative estimate of drug-likeness (QED) is 0.455. The van der Waals surface area contributed by atoms with Crippen molar-refractivity contribution in [3.63, 3.8) is 0 Å². The third-order valence-electron chi connectivity index (χ3n) is 2.08. The number of hydrogen-bond acceptors (Lipinski definition) is 2. The Labute approximate surface area is 103 Å². The molecule has 0 aliphatic carbocycles. The lowest BCUT2D eigenvalue weighted by Crippen LogP contribution is -1.94. The minimum Gasteiger partial charge on any atom is -0.218 e. The summed E-state index contributed by atoms with van der Waals surface area (Å²) in [5, 5.41) is 1.10. The van der Waals surface area contributed by atoms with Gasteiger partial charge in [0.2, 0.25) is 9.84 Å². The Morgan fingerprint density at radius 2 is 1.94 bits per heavy atom. The van der Waals surface area contributed by atoms with Gasteiger partial charge in [0.1, 0.15) is 0 Å². The highest BCUT2D eigenvalue weighted by Gasteiger charge is 2.07. The molecule has 0 aliphatic rings. The van der Waals surface area contributed by atoms with Gasteiger partial charge in [-0.3, -0.25) is 0 Å². The first-order valence-electron chi connectivity index (χ1n) is 5.31. The maximum Gasteiger partial charge on any atom is 0.207 e. The van der Waals surface area contributed by atoms with Crippen LogP contribution in [-0.4, -0.2) is 8.42 Å². The second-order valence-corrected chi connectivity index (χ2v) is 5.24. The summed E-state index contributed by atoms with van der Waals surface area (Å²) in [5.74, 6) is 2.52. The monoisotopic (exact) mass is 246 g/mol. The molecule has 3 heteroatoms. The fourth-order valence-electron chi connectivity index (χ4n) is 1.21. The van der Waals surface area contributed by atoms with Crippen molar-refractivity contribution in [2.24, 2.45) is 0 Å². The van der Waals surface area contributed by atoms with E-state index < -0.39 is 9.84 Å². The van der Waals surface area contributed by atoms with Crippen LogP contribution in [0.25, 0.3) is 0 Å². The smallest absolute Gasteiger partial charge is 0.207 e. The maximum absolute atomic E-state index is 11.8. The lowest BCUT2D eigenvalue weighted by atomic mass is 10.2. The first-order valence-corrected chi connectivity index (χ1v) is 6.86. The lowest BCUT2D eigenvalue weighted by Gasteiger charge is -1.95. The average molecular weight is 246 g/mol. The van der Waals surface area contributed by atoms with Crippen molar-refractivity contribution in [3.05, 3.63) is 47.5 Å². The highest BCUT2D eigenvalue weighted by molar-refractivity contribution is 7.94. The number of terminal acetylenes is 1. The van der Waals surface area contributed by atoms with Crippen LogP contribution in [0.1, 0.15) is 19.3 Å². The van der Waals surface area contributed by atoms with Crippen molar-refractivity contribution in [1.29, 1.82) is 0 Å². The van der Waals surface area contributed by atoms with Crippen LogP contribution in [0.15, 0.2) is 52.4 Å². The van der Waals surface area contributed by atoms with Crippen LogP contribution in [0.4, 0.5) is 0 Å². The van der Waals surface area contributed by atoms with E-state index in [0.717, 1.165) is 18.2 Å². The number of unbranched alkanes of at least 4 members (excludes halogenated alkanes) is 2. The summed E-state index contributed by atoms with van der Waals surface area (Å²) in [5.41, 5.74) is 2.68. The molecule has 0 saturated heterocycles. The fraction of sp³-hybridized carbons (Fsp3) is 0.214. The fourth-order valence-corrected chi connectivity index (χ4v) is 2.15. The molecule has 0 aliphatic heterocycles. The van der Waals surface area contributed by atoms with Gasteiger partial charge >= 0.3 is 0 Å². The van der Waals surface area contributed by atoms with Crippen LogP contribution in [0, 0.1) is 12.3 Å². The van der Waals surface area contributed by atoms with Crippen molar-refractivity contribution in [1.82, 2.24) is 0 Å². The summed E-state index contributed by atoms with van der Waals surface area (Å²) in [6.45, 7) is 0. The van der Waals surface area contributed by atoms with Gasteiger partial charge in [-0.1, -0.05) is 18.2 Å². The molecule has 0 radical (unpaired) electrons. The first-order chi connectivity index (χ1) is 8.17. The van der Waals surface area contributed by atoms with Crippen molar-refractivity contribution < 1.29 is 8.42 Å². The van der Waals surface area contributed by atoms with E-state index >= 15 is 0 Å². The van der Waals surface area contributed by atoms with Gasteiger partial charge < -0.3 is 0 Å². The SMILES string of the molecule is C#CCCCC=C=CS(=O)(=O)c1ccccc1. The van der Waals surface area contributed by atoms with Crippen LogP contribution in [0.2, 0.25) is 0 Å². The van der Waals surface area contributed by atoms with E-state index in [1.165, 1.54) is 0 Å². The van der Waals surface area contributed by atoms with E-state index in [9.17, 15) is 8.42 Å². The Kier molecular flexibility index (Phi) is 5.29. The topological polar surface area (TPSA) is 34.1 Å². The predicted octanol–water partition coefficient (Wildman–Crippen LogP) is 2.93. The zero-order valence-electron chi connectivity index (χ0n) is 9.46. The van der Waals surface area contributed by atoms with Gasteiger partial charge in [0.25, 0.3) is 0 Å². The van der Waals surface area contributed by atoms with E-state index in [1.54, 1.807) is 36.4 Å². The minimum absolute atomic E-state index is 0.282. The minimum atomic E-state index is -3.36. The molecule has 0 amide bonds. The molecule has 0 heterocycles. The number of rotatable bonds is 5. The third-order valence-corrected chi connectivity index (χ3v) is 3.46. The molecule has 1 aromatic rings. The number of sulfone groups is 1. The van der Waals surface area contributed by atoms with Crippen LogP contribution >= 0.6 is 0 Å². The Morgan fingerprint density at radius 1 is 1.24 bits per heavy atom. The van der Waals surface area contributed by atoms with E-state index in [1.807, 2.05) is 0 Å². The van der Waals surface area contributed by atoms with Gasteiger partial charge in [-0.2, -0.15) is 0 Å². The van der Waals surface area contributed by atoms with Crippen LogP contribution in [0.3, 0.4) is 0 Å². The average Bonchev–Trinajstić information content (AvgIpc) is 2.35. The normalized spacial score (nSPS) is 10.1. The second-order valence-electron chi connectivity index (χ2n) is 3.44. The van der Waals surface area contributed by atoms with Crippen molar-refractivity contribution in [3.8, 4) is 12.3 Å². The van der Waals surface area contributed by atoms with Gasteiger partial charge in [0.15, 0.2) is 0 Å². The summed E-state index contributed by atoms with van der Waals surface area (Å²) in [4.78, 5) is 0.282. The zero-order valence-corrected chi connectivity index (χ0v) is 10.3. The summed E-state index contributed by atoms with van der Waals surface area (Å²) < 4.78 is 23.5. The van der Waals surface area contributed by atoms with Crippen molar-refractivity contribution in [2.45, 2.75) is 24.2 Å². The standard InChI is InChI=1S/C14H14O2S/c1-2-3-4-5-6-10-13-17(15,16)14-11-8-7-9-12-14/h1,6-9,11-13H,3-5H2. The molecule has 0 N–H and O–H groups in total. The molecule has 0 aromatic heterocycles. The molecule has 0 spiro atoms. The van der Waals surface area contributed by atoms with Gasteiger partial charge in [0, 0.05) is 6.42 Å². The molecule has 88 valence electrons. The van der Waals surface area contributed by atoms with Crippen molar-refractivity contribution in [2.75, 3.05) is 0 Å². The summed E-state index contributed by atoms with van der Waals surface area (Å²) in [7, 11) is -3.36. The summed E-state index contributed by atoms with van der Waals surface area (Å²) >= 11 is 0. The zero-order chi connectivity index (χ0) is 12.6. The molecular formula is C14H14O2S. The molecule has 0 unspecified atom stereocenters. The Hall–Kier alpha value is -1.75. The van der Waals surface area contributed by atoms with Crippen LogP contribution in [-0.2, 0) is 9.84 Å². The molecular weight excluding hydrogens is 232 g/mol. The Bertz CT molecular complexity index is 542. The first kappa shape index (κ1) is 13.3. The van der Waals surface area contributed by atoms with Gasteiger partial charge in [-0.25, -0.2) is 8.42 Å². The number of hydrogen-bond donors (Lipinski definition) is 0. The Morgan fingerprint density at radius 3 is 2.59 bits per heavy atom. The predicted molar refractivity (Wildman–Crippen MR) is 69.0 cm³/mol.